The van der Waals surface area contributed by atoms with Crippen LogP contribution in [0.3, 0.4) is 0 Å². The number of nitriles is 1. The van der Waals surface area contributed by atoms with E-state index in [0.717, 1.165) is 6.07 Å². The second-order valence-electron chi connectivity index (χ2n) is 2.62. The van der Waals surface area contributed by atoms with E-state index in [1.165, 1.54) is 19.2 Å². The van der Waals surface area contributed by atoms with Crippen LogP contribution in [0, 0.1) is 30.0 Å². The van der Waals surface area contributed by atoms with E-state index in [-0.39, 0.29) is 5.56 Å². The number of amides is 1. The molecule has 0 aliphatic heterocycles. The van der Waals surface area contributed by atoms with Crippen LogP contribution in [0.2, 0.25) is 0 Å². The summed E-state index contributed by atoms with van der Waals surface area (Å²) in [5.41, 5.74) is -0.582. The first kappa shape index (κ1) is 10.1. The van der Waals surface area contributed by atoms with Crippen molar-refractivity contribution in [1.29, 1.82) is 5.26 Å². The van der Waals surface area contributed by atoms with E-state index < -0.39 is 23.1 Å². The molecule has 1 aromatic rings. The molecule has 1 N–H and O–H groups in total. The van der Waals surface area contributed by atoms with Crippen LogP contribution in [-0.4, -0.2) is 5.91 Å². The molecule has 0 fully saturated rings. The summed E-state index contributed by atoms with van der Waals surface area (Å²) in [5.74, 6) is -3.01. The number of halogens is 2. The molecule has 72 valence electrons. The molecule has 0 bridgehead atoms. The van der Waals surface area contributed by atoms with E-state index in [1.807, 2.05) is 0 Å². The molecule has 0 atom stereocenters. The highest BCUT2D eigenvalue weighted by Crippen LogP contribution is 2.15. The highest BCUT2D eigenvalue weighted by molar-refractivity contribution is 5.95. The van der Waals surface area contributed by atoms with Gasteiger partial charge in [-0.1, -0.05) is 6.07 Å². The molecule has 0 aliphatic rings. The Balaban J connectivity index is 3.27. The number of benzene rings is 1. The highest BCUT2D eigenvalue weighted by atomic mass is 19.1. The second kappa shape index (κ2) is 3.83. The zero-order chi connectivity index (χ0) is 10.7. The molecule has 0 radical (unpaired) electrons. The molecule has 0 unspecified atom stereocenters. The maximum atomic E-state index is 13.2. The Bertz CT molecular complexity index is 424. The van der Waals surface area contributed by atoms with E-state index >= 15 is 0 Å². The van der Waals surface area contributed by atoms with Gasteiger partial charge in [-0.05, 0) is 18.6 Å². The van der Waals surface area contributed by atoms with Gasteiger partial charge in [-0.2, -0.15) is 5.26 Å². The lowest BCUT2D eigenvalue weighted by Crippen LogP contribution is -2.20. The molecule has 0 aliphatic carbocycles. The molecule has 0 saturated heterocycles. The van der Waals surface area contributed by atoms with Crippen LogP contribution in [0.25, 0.3) is 0 Å². The fourth-order valence-corrected chi connectivity index (χ4v) is 0.978. The Kier molecular flexibility index (Phi) is 2.77. The summed E-state index contributed by atoms with van der Waals surface area (Å²) in [4.78, 5) is 11.0. The van der Waals surface area contributed by atoms with Crippen molar-refractivity contribution in [1.82, 2.24) is 5.32 Å². The number of aryl methyl sites for hydroxylation is 1. The van der Waals surface area contributed by atoms with E-state index in [9.17, 15) is 13.6 Å². The highest BCUT2D eigenvalue weighted by Gasteiger charge is 2.18. The molecule has 0 heterocycles. The summed E-state index contributed by atoms with van der Waals surface area (Å²) in [5, 5.41) is 9.78. The molecule has 0 saturated carbocycles. The number of carbonyl (C=O) groups is 1. The van der Waals surface area contributed by atoms with Gasteiger partial charge < -0.3 is 0 Å². The van der Waals surface area contributed by atoms with Crippen molar-refractivity contribution in [2.75, 3.05) is 0 Å². The fraction of sp³-hybridized carbons (Fsp3) is 0.111. The minimum atomic E-state index is -1.08. The van der Waals surface area contributed by atoms with Crippen molar-refractivity contribution in [2.45, 2.75) is 6.92 Å². The number of nitrogens with one attached hydrogen (secondary N) is 1. The van der Waals surface area contributed by atoms with Crippen LogP contribution in [-0.2, 0) is 0 Å². The van der Waals surface area contributed by atoms with Gasteiger partial charge in [0.15, 0.2) is 6.19 Å². The molecule has 0 spiro atoms. The standard InChI is InChI=1S/C9H6F2N2O/c1-5-2-3-6(10)7(8(5)11)9(14)13-4-12/h2-3H,1H3,(H,13,14). The lowest BCUT2D eigenvalue weighted by atomic mass is 10.1. The third-order valence-electron chi connectivity index (χ3n) is 1.68. The monoisotopic (exact) mass is 196 g/mol. The lowest BCUT2D eigenvalue weighted by molar-refractivity contribution is 0.0964. The van der Waals surface area contributed by atoms with Crippen LogP contribution in [0.1, 0.15) is 15.9 Å². The van der Waals surface area contributed by atoms with Gasteiger partial charge in [0.25, 0.3) is 5.91 Å². The average molecular weight is 196 g/mol. The summed E-state index contributed by atoms with van der Waals surface area (Å²) in [6.45, 7) is 1.40. The Morgan fingerprint density at radius 2 is 2.14 bits per heavy atom. The lowest BCUT2D eigenvalue weighted by Gasteiger charge is -2.03. The van der Waals surface area contributed by atoms with Gasteiger partial charge in [0.1, 0.15) is 17.2 Å². The molecule has 1 rings (SSSR count). The Labute approximate surface area is 79.0 Å². The molecule has 14 heavy (non-hydrogen) atoms. The molecule has 1 aromatic carbocycles. The van der Waals surface area contributed by atoms with Gasteiger partial charge in [0.2, 0.25) is 0 Å². The van der Waals surface area contributed by atoms with E-state index in [4.69, 9.17) is 5.26 Å². The zero-order valence-corrected chi connectivity index (χ0v) is 7.27. The number of hydrogen-bond acceptors (Lipinski definition) is 2. The largest absolute Gasteiger partial charge is 0.270 e. The summed E-state index contributed by atoms with van der Waals surface area (Å²) in [6, 6.07) is 2.19. The third-order valence-corrected chi connectivity index (χ3v) is 1.68. The van der Waals surface area contributed by atoms with Crippen LogP contribution in [0.5, 0.6) is 0 Å². The SMILES string of the molecule is Cc1ccc(F)c(C(=O)NC#N)c1F. The molecular weight excluding hydrogens is 190 g/mol. The predicted octanol–water partition coefficient (Wildman–Crippen LogP) is 1.48. The number of hydrogen-bond donors (Lipinski definition) is 1. The van der Waals surface area contributed by atoms with Crippen LogP contribution < -0.4 is 5.32 Å². The average Bonchev–Trinajstić information content (AvgIpc) is 2.13. The zero-order valence-electron chi connectivity index (χ0n) is 7.27. The maximum absolute atomic E-state index is 13.2. The molecule has 5 heteroatoms. The summed E-state index contributed by atoms with van der Waals surface area (Å²) < 4.78 is 26.2. The van der Waals surface area contributed by atoms with Crippen LogP contribution in [0.4, 0.5) is 8.78 Å². The van der Waals surface area contributed by atoms with Crippen molar-refractivity contribution in [3.05, 3.63) is 34.9 Å². The number of nitrogens with zero attached hydrogens (tertiary/aromatic N) is 1. The minimum absolute atomic E-state index is 0.148. The van der Waals surface area contributed by atoms with Crippen molar-refractivity contribution in [3.63, 3.8) is 0 Å². The van der Waals surface area contributed by atoms with Crippen LogP contribution >= 0.6 is 0 Å². The van der Waals surface area contributed by atoms with E-state index in [0.29, 0.717) is 0 Å². The smallest absolute Gasteiger partial charge is 0.268 e. The first-order valence-corrected chi connectivity index (χ1v) is 3.72. The van der Waals surface area contributed by atoms with Crippen molar-refractivity contribution in [2.24, 2.45) is 0 Å². The second-order valence-corrected chi connectivity index (χ2v) is 2.62. The first-order chi connectivity index (χ1) is 6.57. The third kappa shape index (κ3) is 1.69. The Morgan fingerprint density at radius 3 is 2.71 bits per heavy atom. The molecule has 0 aromatic heterocycles. The van der Waals surface area contributed by atoms with Crippen molar-refractivity contribution < 1.29 is 13.6 Å². The quantitative estimate of drug-likeness (QED) is 0.546. The van der Waals surface area contributed by atoms with Crippen molar-refractivity contribution >= 4 is 5.91 Å². The van der Waals surface area contributed by atoms with Gasteiger partial charge in [0, 0.05) is 0 Å². The molecule has 1 amide bonds. The molecule has 3 nitrogen and oxygen atoms in total. The van der Waals surface area contributed by atoms with E-state index in [1.54, 1.807) is 5.32 Å². The minimum Gasteiger partial charge on any atom is -0.268 e. The van der Waals surface area contributed by atoms with Crippen molar-refractivity contribution in [3.8, 4) is 6.19 Å². The van der Waals surface area contributed by atoms with Gasteiger partial charge in [0.05, 0.1) is 0 Å². The maximum Gasteiger partial charge on any atom is 0.270 e. The molecular formula is C9H6F2N2O. The van der Waals surface area contributed by atoms with Crippen LogP contribution in [0.15, 0.2) is 12.1 Å². The topological polar surface area (TPSA) is 52.9 Å². The summed E-state index contributed by atoms with van der Waals surface area (Å²) in [6.07, 6.45) is 1.31. The Hall–Kier alpha value is -1.96. The first-order valence-electron chi connectivity index (χ1n) is 3.72. The number of carbonyl (C=O) groups excluding carboxylic acids is 1. The fourth-order valence-electron chi connectivity index (χ4n) is 0.978. The van der Waals surface area contributed by atoms with E-state index in [2.05, 4.69) is 0 Å². The van der Waals surface area contributed by atoms with Gasteiger partial charge in [-0.25, -0.2) is 8.78 Å². The van der Waals surface area contributed by atoms with Gasteiger partial charge in [-0.3, -0.25) is 10.1 Å². The van der Waals surface area contributed by atoms with Gasteiger partial charge >= 0.3 is 0 Å². The predicted molar refractivity (Wildman–Crippen MR) is 44.2 cm³/mol. The number of rotatable bonds is 1. The normalized spacial score (nSPS) is 9.29. The Morgan fingerprint density at radius 1 is 1.50 bits per heavy atom. The summed E-state index contributed by atoms with van der Waals surface area (Å²) in [7, 11) is 0. The van der Waals surface area contributed by atoms with Gasteiger partial charge in [-0.15, -0.1) is 0 Å². The summed E-state index contributed by atoms with van der Waals surface area (Å²) >= 11 is 0.